The number of nitriles is 1. The summed E-state index contributed by atoms with van der Waals surface area (Å²) in [4.78, 5) is 30.4. The lowest BCUT2D eigenvalue weighted by Gasteiger charge is -2.38. The molecule has 1 fully saturated rings. The average Bonchev–Trinajstić information content (AvgIpc) is 3.42. The van der Waals surface area contributed by atoms with Crippen LogP contribution < -0.4 is 10.1 Å². The van der Waals surface area contributed by atoms with E-state index in [4.69, 9.17) is 10.00 Å². The molecule has 3 aromatic rings. The summed E-state index contributed by atoms with van der Waals surface area (Å²) in [5.41, 5.74) is 4.36. The highest BCUT2D eigenvalue weighted by molar-refractivity contribution is 7.19. The van der Waals surface area contributed by atoms with Crippen molar-refractivity contribution in [3.05, 3.63) is 40.0 Å². The zero-order valence-electron chi connectivity index (χ0n) is 18.9. The van der Waals surface area contributed by atoms with Crippen LogP contribution in [0.25, 0.3) is 10.2 Å². The van der Waals surface area contributed by atoms with E-state index in [9.17, 15) is 4.79 Å². The molecule has 1 unspecified atom stereocenters. The first-order chi connectivity index (χ1) is 16.6. The van der Waals surface area contributed by atoms with Crippen LogP contribution in [0.15, 0.2) is 23.5 Å². The van der Waals surface area contributed by atoms with Crippen LogP contribution in [0.4, 0.5) is 11.5 Å². The number of aryl methyl sites for hydroxylation is 1. The van der Waals surface area contributed by atoms with Gasteiger partial charge in [-0.15, -0.1) is 11.3 Å². The van der Waals surface area contributed by atoms with Crippen LogP contribution in [0, 0.1) is 23.2 Å². The number of ether oxygens (including phenoxy) is 1. The third-order valence-corrected chi connectivity index (χ3v) is 8.02. The minimum Gasteiger partial charge on any atom is -0.492 e. The molecular formula is C25H24N6O2S. The normalized spacial score (nSPS) is 18.8. The van der Waals surface area contributed by atoms with Crippen LogP contribution in [0.2, 0.25) is 0 Å². The molecule has 0 radical (unpaired) electrons. The maximum atomic E-state index is 12.9. The number of aromatic nitrogens is 2. The molecule has 6 rings (SSSR count). The standard InChI is InChI=1S/C25H24N6O2S/c1-2-33-20-6-17-10-27-9-16(17)5-19(20)30-23-22-18-4-3-15(25(32)31-11-14(8-26)12-31)7-21(18)34-24(22)29-13-28-23/h5-6,9,13-15H,2-4,7,10-12H2,1H3,(H,28,29,30). The molecule has 1 N–H and O–H groups in total. The van der Waals surface area contributed by atoms with Crippen LogP contribution >= 0.6 is 11.3 Å². The Labute approximate surface area is 201 Å². The lowest BCUT2D eigenvalue weighted by Crippen LogP contribution is -2.52. The van der Waals surface area contributed by atoms with Crippen LogP contribution in [-0.2, 0) is 24.2 Å². The van der Waals surface area contributed by atoms with Crippen LogP contribution in [-0.4, -0.2) is 46.7 Å². The van der Waals surface area contributed by atoms with E-state index >= 15 is 0 Å². The third-order valence-electron chi connectivity index (χ3n) is 6.86. The predicted molar refractivity (Wildman–Crippen MR) is 131 cm³/mol. The van der Waals surface area contributed by atoms with Crippen molar-refractivity contribution in [2.45, 2.75) is 32.7 Å². The fourth-order valence-corrected chi connectivity index (χ4v) is 6.32. The number of carbonyl (C=O) groups is 1. The number of nitrogens with zero attached hydrogens (tertiary/aromatic N) is 5. The van der Waals surface area contributed by atoms with Crippen LogP contribution in [0.3, 0.4) is 0 Å². The Balaban J connectivity index is 1.30. The van der Waals surface area contributed by atoms with Gasteiger partial charge < -0.3 is 15.0 Å². The van der Waals surface area contributed by atoms with Gasteiger partial charge in [0.1, 0.15) is 22.7 Å². The van der Waals surface area contributed by atoms with E-state index in [-0.39, 0.29) is 17.7 Å². The molecule has 172 valence electrons. The maximum absolute atomic E-state index is 12.9. The summed E-state index contributed by atoms with van der Waals surface area (Å²) in [6, 6.07) is 6.37. The largest absolute Gasteiger partial charge is 0.492 e. The number of likely N-dealkylation sites (tertiary alicyclic amines) is 1. The second-order valence-electron chi connectivity index (χ2n) is 8.99. The zero-order valence-corrected chi connectivity index (χ0v) is 19.7. The molecule has 0 saturated carbocycles. The minimum absolute atomic E-state index is 0.0107. The SMILES string of the molecule is CCOc1cc2c(cc1Nc1ncnc3sc4c(c13)CCC(C(=O)N1CC(C#N)C1)C4)C=NC2. The van der Waals surface area contributed by atoms with Gasteiger partial charge in [0.15, 0.2) is 0 Å². The van der Waals surface area contributed by atoms with Gasteiger partial charge >= 0.3 is 0 Å². The van der Waals surface area contributed by atoms with Gasteiger partial charge in [-0.05, 0) is 55.0 Å². The Bertz CT molecular complexity index is 1370. The van der Waals surface area contributed by atoms with Crippen molar-refractivity contribution in [2.24, 2.45) is 16.8 Å². The highest BCUT2D eigenvalue weighted by Gasteiger charge is 2.37. The van der Waals surface area contributed by atoms with E-state index in [1.54, 1.807) is 17.7 Å². The summed E-state index contributed by atoms with van der Waals surface area (Å²) in [6.07, 6.45) is 5.83. The monoisotopic (exact) mass is 472 g/mol. The average molecular weight is 473 g/mol. The molecule has 1 aromatic carbocycles. The van der Waals surface area contributed by atoms with Gasteiger partial charge in [-0.2, -0.15) is 5.26 Å². The number of hydrogen-bond donors (Lipinski definition) is 1. The van der Waals surface area contributed by atoms with Gasteiger partial charge in [-0.1, -0.05) is 0 Å². The van der Waals surface area contributed by atoms with Crippen molar-refractivity contribution in [1.82, 2.24) is 14.9 Å². The fourth-order valence-electron chi connectivity index (χ4n) is 5.05. The van der Waals surface area contributed by atoms with E-state index in [1.807, 2.05) is 18.0 Å². The minimum atomic E-state index is -0.0230. The van der Waals surface area contributed by atoms with Crippen molar-refractivity contribution in [2.75, 3.05) is 25.0 Å². The van der Waals surface area contributed by atoms with Crippen molar-refractivity contribution in [1.29, 1.82) is 5.26 Å². The number of benzene rings is 1. The number of aliphatic imine (C=N–C) groups is 1. The first-order valence-corrected chi connectivity index (χ1v) is 12.5. The molecule has 8 nitrogen and oxygen atoms in total. The Hall–Kier alpha value is -3.51. The molecule has 1 atom stereocenters. The zero-order chi connectivity index (χ0) is 23.2. The Morgan fingerprint density at radius 3 is 3.06 bits per heavy atom. The lowest BCUT2D eigenvalue weighted by molar-refractivity contribution is -0.141. The van der Waals surface area contributed by atoms with Gasteiger partial charge in [-0.25, -0.2) is 9.97 Å². The second kappa shape index (κ2) is 8.37. The van der Waals surface area contributed by atoms with E-state index in [2.05, 4.69) is 38.5 Å². The van der Waals surface area contributed by atoms with Gasteiger partial charge in [0.05, 0.1) is 36.2 Å². The number of amides is 1. The summed E-state index contributed by atoms with van der Waals surface area (Å²) in [5.74, 6) is 1.70. The maximum Gasteiger partial charge on any atom is 0.226 e. The molecule has 34 heavy (non-hydrogen) atoms. The molecule has 9 heteroatoms. The Morgan fingerprint density at radius 2 is 2.24 bits per heavy atom. The van der Waals surface area contributed by atoms with Gasteiger partial charge in [0, 0.05) is 30.1 Å². The third kappa shape index (κ3) is 3.49. The Morgan fingerprint density at radius 1 is 1.35 bits per heavy atom. The molecule has 2 aromatic heterocycles. The smallest absolute Gasteiger partial charge is 0.226 e. The number of carbonyl (C=O) groups excluding carboxylic acids is 1. The van der Waals surface area contributed by atoms with Crippen LogP contribution in [0.5, 0.6) is 5.75 Å². The number of nitrogens with one attached hydrogen (secondary N) is 1. The first-order valence-electron chi connectivity index (χ1n) is 11.6. The summed E-state index contributed by atoms with van der Waals surface area (Å²) < 4.78 is 5.91. The number of fused-ring (bicyclic) bond motifs is 4. The van der Waals surface area contributed by atoms with Crippen LogP contribution in [0.1, 0.15) is 34.9 Å². The molecule has 3 aliphatic rings. The highest BCUT2D eigenvalue weighted by Crippen LogP contribution is 2.42. The van der Waals surface area contributed by atoms with E-state index in [0.717, 1.165) is 57.9 Å². The van der Waals surface area contributed by atoms with E-state index < -0.39 is 0 Å². The van der Waals surface area contributed by atoms with Crippen molar-refractivity contribution in [3.63, 3.8) is 0 Å². The van der Waals surface area contributed by atoms with Crippen molar-refractivity contribution >= 4 is 45.2 Å². The quantitative estimate of drug-likeness (QED) is 0.605. The number of thiophene rings is 1. The first kappa shape index (κ1) is 21.1. The number of rotatable bonds is 5. The fraction of sp³-hybridized carbons (Fsp3) is 0.400. The molecule has 0 bridgehead atoms. The molecule has 4 heterocycles. The molecule has 1 aliphatic carbocycles. The highest BCUT2D eigenvalue weighted by atomic mass is 32.1. The van der Waals surface area contributed by atoms with Gasteiger partial charge in [0.2, 0.25) is 5.91 Å². The van der Waals surface area contributed by atoms with E-state index in [0.29, 0.717) is 26.2 Å². The van der Waals surface area contributed by atoms with Gasteiger partial charge in [0.25, 0.3) is 0 Å². The predicted octanol–water partition coefficient (Wildman–Crippen LogP) is 3.85. The topological polar surface area (TPSA) is 103 Å². The number of hydrogen-bond acceptors (Lipinski definition) is 8. The molecule has 1 amide bonds. The summed E-state index contributed by atoms with van der Waals surface area (Å²) in [7, 11) is 0. The number of anilines is 2. The molecule has 2 aliphatic heterocycles. The second-order valence-corrected chi connectivity index (χ2v) is 10.1. The summed E-state index contributed by atoms with van der Waals surface area (Å²) >= 11 is 1.66. The lowest BCUT2D eigenvalue weighted by atomic mass is 9.85. The van der Waals surface area contributed by atoms with E-state index in [1.165, 1.54) is 10.4 Å². The van der Waals surface area contributed by atoms with Gasteiger partial charge in [-0.3, -0.25) is 9.79 Å². The van der Waals surface area contributed by atoms with Crippen molar-refractivity contribution in [3.8, 4) is 11.8 Å². The Kier molecular flexibility index (Phi) is 5.18. The molecule has 1 saturated heterocycles. The summed E-state index contributed by atoms with van der Waals surface area (Å²) in [5, 5.41) is 13.6. The molecule has 0 spiro atoms. The van der Waals surface area contributed by atoms with Crippen molar-refractivity contribution < 1.29 is 9.53 Å². The molecular weight excluding hydrogens is 448 g/mol. The summed E-state index contributed by atoms with van der Waals surface area (Å²) in [6.45, 7) is 4.36.